The van der Waals surface area contributed by atoms with E-state index in [1.165, 1.54) is 0 Å². The third-order valence-corrected chi connectivity index (χ3v) is 6.97. The van der Waals surface area contributed by atoms with Gasteiger partial charge in [0, 0.05) is 48.3 Å². The van der Waals surface area contributed by atoms with Crippen molar-refractivity contribution < 1.29 is 19.1 Å². The number of aromatic nitrogens is 2. The van der Waals surface area contributed by atoms with E-state index >= 15 is 0 Å². The van der Waals surface area contributed by atoms with Crippen LogP contribution in [0.1, 0.15) is 60.8 Å². The number of anilines is 2. The molecule has 42 heavy (non-hydrogen) atoms. The Labute approximate surface area is 249 Å². The van der Waals surface area contributed by atoms with E-state index in [0.29, 0.717) is 40.8 Å². The summed E-state index contributed by atoms with van der Waals surface area (Å²) >= 11 is 0. The van der Waals surface area contributed by atoms with Crippen molar-refractivity contribution in [3.8, 4) is 22.6 Å². The van der Waals surface area contributed by atoms with Gasteiger partial charge in [0.2, 0.25) is 5.91 Å². The fourth-order valence-corrected chi connectivity index (χ4v) is 4.72. The zero-order chi connectivity index (χ0) is 30.9. The van der Waals surface area contributed by atoms with E-state index < -0.39 is 5.54 Å². The molecule has 0 fully saturated rings. The lowest BCUT2D eigenvalue weighted by molar-refractivity contribution is -0.116. The summed E-state index contributed by atoms with van der Waals surface area (Å²) in [5.74, 6) is 2.04. The fraction of sp³-hybridized carbons (Fsp3) is 0.500. The Morgan fingerprint density at radius 2 is 1.55 bits per heavy atom. The maximum Gasteiger partial charge on any atom is 0.320 e. The molecule has 0 spiro atoms. The lowest BCUT2D eigenvalue weighted by Crippen LogP contribution is -2.43. The molecule has 2 N–H and O–H groups in total. The summed E-state index contributed by atoms with van der Waals surface area (Å²) in [6.07, 6.45) is 4.71. The van der Waals surface area contributed by atoms with Crippen LogP contribution in [0, 0.1) is 0 Å². The first-order valence-corrected chi connectivity index (χ1v) is 14.6. The number of rotatable bonds is 13. The number of carbonyl (C=O) groups is 2. The molecule has 228 valence electrons. The number of unbranched alkanes of at least 4 members (excludes halogenated alkanes) is 2. The van der Waals surface area contributed by atoms with Crippen molar-refractivity contribution in [2.75, 3.05) is 50.6 Å². The van der Waals surface area contributed by atoms with Gasteiger partial charge in [-0.1, -0.05) is 20.3 Å². The SMILES string of the molecule is CCN(CC)CCCCCN(C(C)=O)c1cc2nc(NC(=O)NC(C)(C)C)c(-c3cc(OC)cc(OC)c3)cc2cn1. The normalized spacial score (nSPS) is 11.5. The molecular formula is C32H46N6O4. The molecule has 0 atom stereocenters. The Balaban J connectivity index is 1.97. The van der Waals surface area contributed by atoms with E-state index in [-0.39, 0.29) is 11.9 Å². The van der Waals surface area contributed by atoms with Crippen molar-refractivity contribution in [1.82, 2.24) is 20.2 Å². The van der Waals surface area contributed by atoms with Crippen molar-refractivity contribution in [3.63, 3.8) is 0 Å². The molecular weight excluding hydrogens is 532 g/mol. The monoisotopic (exact) mass is 578 g/mol. The van der Waals surface area contributed by atoms with Crippen LogP contribution in [-0.2, 0) is 4.79 Å². The molecule has 10 nitrogen and oxygen atoms in total. The average Bonchev–Trinajstić information content (AvgIpc) is 2.94. The number of hydrogen-bond acceptors (Lipinski definition) is 7. The number of hydrogen-bond donors (Lipinski definition) is 2. The van der Waals surface area contributed by atoms with E-state index in [1.807, 2.05) is 39.0 Å². The summed E-state index contributed by atoms with van der Waals surface area (Å²) in [4.78, 5) is 39.1. The topological polar surface area (TPSA) is 109 Å². The molecule has 3 rings (SSSR count). The van der Waals surface area contributed by atoms with Gasteiger partial charge in [-0.05, 0) is 77.0 Å². The smallest absolute Gasteiger partial charge is 0.320 e. The third kappa shape index (κ3) is 9.04. The Morgan fingerprint density at radius 1 is 0.905 bits per heavy atom. The Morgan fingerprint density at radius 3 is 2.12 bits per heavy atom. The largest absolute Gasteiger partial charge is 0.497 e. The molecule has 0 aliphatic heterocycles. The number of methoxy groups -OCH3 is 2. The lowest BCUT2D eigenvalue weighted by atomic mass is 10.0. The Kier molecular flexibility index (Phi) is 11.5. The number of nitrogens with one attached hydrogen (secondary N) is 2. The molecule has 0 radical (unpaired) electrons. The van der Waals surface area contributed by atoms with Crippen LogP contribution in [0.25, 0.3) is 22.0 Å². The van der Waals surface area contributed by atoms with Crippen LogP contribution in [0.2, 0.25) is 0 Å². The lowest BCUT2D eigenvalue weighted by Gasteiger charge is -2.22. The van der Waals surface area contributed by atoms with Crippen LogP contribution in [0.15, 0.2) is 36.5 Å². The summed E-state index contributed by atoms with van der Waals surface area (Å²) in [5.41, 5.74) is 1.60. The van der Waals surface area contributed by atoms with E-state index in [2.05, 4.69) is 34.4 Å². The van der Waals surface area contributed by atoms with Crippen LogP contribution in [0.3, 0.4) is 0 Å². The van der Waals surface area contributed by atoms with Gasteiger partial charge in [0.15, 0.2) is 0 Å². The van der Waals surface area contributed by atoms with Gasteiger partial charge in [-0.15, -0.1) is 0 Å². The standard InChI is InChI=1S/C32H46N6O4/c1-9-37(10-2)14-12-11-13-15-38(22(3)39)29-20-28-24(21-33-29)18-27(23-16-25(41-7)19-26(17-23)42-8)30(34-28)35-31(40)36-32(4,5)6/h16-21H,9-15H2,1-8H3,(H2,34,35,36,40). The summed E-state index contributed by atoms with van der Waals surface area (Å²) in [5, 5.41) is 6.61. The maximum absolute atomic E-state index is 12.9. The van der Waals surface area contributed by atoms with Crippen molar-refractivity contribution in [3.05, 3.63) is 36.5 Å². The number of amides is 3. The van der Waals surface area contributed by atoms with E-state index in [9.17, 15) is 9.59 Å². The summed E-state index contributed by atoms with van der Waals surface area (Å²) in [7, 11) is 3.18. The molecule has 0 saturated carbocycles. The second-order valence-corrected chi connectivity index (χ2v) is 11.3. The second-order valence-electron chi connectivity index (χ2n) is 11.3. The summed E-state index contributed by atoms with van der Waals surface area (Å²) in [6, 6.07) is 8.84. The van der Waals surface area contributed by atoms with Crippen LogP contribution >= 0.6 is 0 Å². The zero-order valence-corrected chi connectivity index (χ0v) is 26.3. The Bertz CT molecular complexity index is 1340. The minimum absolute atomic E-state index is 0.0754. The molecule has 10 heteroatoms. The third-order valence-electron chi connectivity index (χ3n) is 6.97. The van der Waals surface area contributed by atoms with Gasteiger partial charge in [-0.3, -0.25) is 15.0 Å². The highest BCUT2D eigenvalue weighted by Gasteiger charge is 2.19. The minimum Gasteiger partial charge on any atom is -0.497 e. The molecule has 3 amide bonds. The van der Waals surface area contributed by atoms with Gasteiger partial charge in [-0.2, -0.15) is 0 Å². The average molecular weight is 579 g/mol. The molecule has 0 aliphatic carbocycles. The number of fused-ring (bicyclic) bond motifs is 1. The van der Waals surface area contributed by atoms with E-state index in [0.717, 1.165) is 49.8 Å². The highest BCUT2D eigenvalue weighted by atomic mass is 16.5. The highest BCUT2D eigenvalue weighted by molar-refractivity contribution is 5.98. The molecule has 2 heterocycles. The van der Waals surface area contributed by atoms with Crippen LogP contribution < -0.4 is 25.0 Å². The maximum atomic E-state index is 12.9. The fourth-order valence-electron chi connectivity index (χ4n) is 4.72. The van der Waals surface area contributed by atoms with Crippen molar-refractivity contribution in [1.29, 1.82) is 0 Å². The van der Waals surface area contributed by atoms with Gasteiger partial charge in [0.25, 0.3) is 0 Å². The second kappa shape index (κ2) is 14.8. The zero-order valence-electron chi connectivity index (χ0n) is 26.3. The number of carbonyl (C=O) groups excluding carboxylic acids is 2. The van der Waals surface area contributed by atoms with Crippen molar-refractivity contribution in [2.45, 2.75) is 66.3 Å². The van der Waals surface area contributed by atoms with Crippen LogP contribution in [0.4, 0.5) is 16.4 Å². The molecule has 2 aromatic heterocycles. The number of urea groups is 1. The Hall–Kier alpha value is -3.92. The predicted molar refractivity (Wildman–Crippen MR) is 170 cm³/mol. The van der Waals surface area contributed by atoms with Gasteiger partial charge in [-0.25, -0.2) is 14.8 Å². The molecule has 0 aliphatic rings. The van der Waals surface area contributed by atoms with Crippen molar-refractivity contribution >= 4 is 34.5 Å². The van der Waals surface area contributed by atoms with Gasteiger partial charge in [0.05, 0.1) is 19.7 Å². The van der Waals surface area contributed by atoms with Gasteiger partial charge >= 0.3 is 6.03 Å². The molecule has 0 unspecified atom stereocenters. The van der Waals surface area contributed by atoms with Crippen molar-refractivity contribution in [2.24, 2.45) is 0 Å². The summed E-state index contributed by atoms with van der Waals surface area (Å²) < 4.78 is 11.0. The quantitative estimate of drug-likeness (QED) is 0.236. The first-order chi connectivity index (χ1) is 20.0. The minimum atomic E-state index is -0.440. The molecule has 3 aromatic rings. The van der Waals surface area contributed by atoms with Crippen LogP contribution in [0.5, 0.6) is 11.5 Å². The van der Waals surface area contributed by atoms with Crippen LogP contribution in [-0.4, -0.2) is 72.7 Å². The summed E-state index contributed by atoms with van der Waals surface area (Å²) in [6.45, 7) is 15.4. The number of benzene rings is 1. The molecule has 1 aromatic carbocycles. The van der Waals surface area contributed by atoms with E-state index in [4.69, 9.17) is 14.5 Å². The number of nitrogens with zero attached hydrogens (tertiary/aromatic N) is 4. The number of ether oxygens (including phenoxy) is 2. The first-order valence-electron chi connectivity index (χ1n) is 14.6. The van der Waals surface area contributed by atoms with Gasteiger partial charge in [0.1, 0.15) is 23.1 Å². The molecule has 0 saturated heterocycles. The van der Waals surface area contributed by atoms with Gasteiger partial charge < -0.3 is 19.7 Å². The molecule has 0 bridgehead atoms. The predicted octanol–water partition coefficient (Wildman–Crippen LogP) is 6.10. The first kappa shape index (κ1) is 32.6. The van der Waals surface area contributed by atoms with E-state index in [1.54, 1.807) is 44.4 Å². The highest BCUT2D eigenvalue weighted by Crippen LogP contribution is 2.35. The number of pyridine rings is 2.